The molecule has 0 atom stereocenters. The number of carbonyl (C=O) groups is 1. The summed E-state index contributed by atoms with van der Waals surface area (Å²) < 4.78 is 0. The summed E-state index contributed by atoms with van der Waals surface area (Å²) in [7, 11) is 0. The molecule has 1 amide bonds. The SMILES string of the molecule is C/C=C/C=C/C(=O)NCCc1csc(N2CCCC2)n1. The Labute approximate surface area is 124 Å². The molecule has 108 valence electrons. The van der Waals surface area contributed by atoms with Crippen LogP contribution in [0.5, 0.6) is 0 Å². The van der Waals surface area contributed by atoms with E-state index in [1.165, 1.54) is 18.9 Å². The second kappa shape index (κ2) is 7.85. The number of nitrogens with one attached hydrogen (secondary N) is 1. The number of hydrogen-bond donors (Lipinski definition) is 1. The van der Waals surface area contributed by atoms with Gasteiger partial charge in [-0.25, -0.2) is 4.98 Å². The number of nitrogens with zero attached hydrogens (tertiary/aromatic N) is 2. The minimum Gasteiger partial charge on any atom is -0.352 e. The average molecular weight is 291 g/mol. The number of amides is 1. The van der Waals surface area contributed by atoms with Crippen molar-refractivity contribution < 1.29 is 4.79 Å². The number of thiazole rings is 1. The van der Waals surface area contributed by atoms with E-state index in [1.54, 1.807) is 17.4 Å². The Morgan fingerprint density at radius 3 is 3.00 bits per heavy atom. The van der Waals surface area contributed by atoms with E-state index < -0.39 is 0 Å². The molecule has 0 radical (unpaired) electrons. The lowest BCUT2D eigenvalue weighted by molar-refractivity contribution is -0.116. The smallest absolute Gasteiger partial charge is 0.243 e. The van der Waals surface area contributed by atoms with Crippen LogP contribution in [0.25, 0.3) is 0 Å². The fourth-order valence-electron chi connectivity index (χ4n) is 2.09. The Bertz CT molecular complexity index is 487. The quantitative estimate of drug-likeness (QED) is 0.647. The van der Waals surface area contributed by atoms with Gasteiger partial charge >= 0.3 is 0 Å². The van der Waals surface area contributed by atoms with Crippen molar-refractivity contribution in [3.63, 3.8) is 0 Å². The molecule has 0 saturated carbocycles. The standard InChI is InChI=1S/C15H21N3OS/c1-2-3-4-7-14(19)16-9-8-13-12-20-15(17-13)18-10-5-6-11-18/h2-4,7,12H,5-6,8-11H2,1H3,(H,16,19)/b3-2+,7-4+. The number of anilines is 1. The van der Waals surface area contributed by atoms with Crippen molar-refractivity contribution in [3.05, 3.63) is 35.4 Å². The van der Waals surface area contributed by atoms with E-state index in [9.17, 15) is 4.79 Å². The van der Waals surface area contributed by atoms with Crippen LogP contribution < -0.4 is 10.2 Å². The summed E-state index contributed by atoms with van der Waals surface area (Å²) in [6.07, 6.45) is 10.3. The number of hydrogen-bond acceptors (Lipinski definition) is 4. The van der Waals surface area contributed by atoms with Crippen molar-refractivity contribution >= 4 is 22.4 Å². The molecule has 4 nitrogen and oxygen atoms in total. The maximum atomic E-state index is 11.5. The summed E-state index contributed by atoms with van der Waals surface area (Å²) in [4.78, 5) is 18.4. The van der Waals surface area contributed by atoms with Crippen molar-refractivity contribution in [2.75, 3.05) is 24.5 Å². The zero-order valence-corrected chi connectivity index (χ0v) is 12.7. The first-order valence-electron chi connectivity index (χ1n) is 7.06. The molecule has 1 fully saturated rings. The zero-order chi connectivity index (χ0) is 14.2. The average Bonchev–Trinajstić information content (AvgIpc) is 3.09. The van der Waals surface area contributed by atoms with Gasteiger partial charge in [-0.05, 0) is 19.8 Å². The van der Waals surface area contributed by atoms with E-state index in [-0.39, 0.29) is 5.91 Å². The van der Waals surface area contributed by atoms with E-state index >= 15 is 0 Å². The molecule has 5 heteroatoms. The van der Waals surface area contributed by atoms with Crippen LogP contribution in [0.4, 0.5) is 5.13 Å². The van der Waals surface area contributed by atoms with Crippen LogP contribution in [0.3, 0.4) is 0 Å². The van der Waals surface area contributed by atoms with Gasteiger partial charge in [-0.1, -0.05) is 18.2 Å². The van der Waals surface area contributed by atoms with E-state index in [1.807, 2.05) is 19.1 Å². The van der Waals surface area contributed by atoms with Crippen LogP contribution >= 0.6 is 11.3 Å². The highest BCUT2D eigenvalue weighted by Crippen LogP contribution is 2.24. The van der Waals surface area contributed by atoms with Crippen LogP contribution in [0.15, 0.2) is 29.7 Å². The lowest BCUT2D eigenvalue weighted by atomic mass is 10.3. The van der Waals surface area contributed by atoms with Crippen molar-refractivity contribution in [1.82, 2.24) is 10.3 Å². The molecule has 0 aliphatic carbocycles. The van der Waals surface area contributed by atoms with Gasteiger partial charge in [-0.15, -0.1) is 11.3 Å². The minimum absolute atomic E-state index is 0.0573. The second-order valence-electron chi connectivity index (χ2n) is 4.74. The maximum absolute atomic E-state index is 11.5. The molecule has 0 spiro atoms. The lowest BCUT2D eigenvalue weighted by Crippen LogP contribution is -2.23. The molecule has 1 saturated heterocycles. The summed E-state index contributed by atoms with van der Waals surface area (Å²) in [6, 6.07) is 0. The first-order chi connectivity index (χ1) is 9.79. The minimum atomic E-state index is -0.0573. The third-order valence-corrected chi connectivity index (χ3v) is 4.10. The summed E-state index contributed by atoms with van der Waals surface area (Å²) in [5.41, 5.74) is 1.06. The van der Waals surface area contributed by atoms with E-state index in [4.69, 9.17) is 0 Å². The van der Waals surface area contributed by atoms with Crippen LogP contribution in [-0.4, -0.2) is 30.5 Å². The molecule has 1 aromatic rings. The molecule has 1 aliphatic rings. The Balaban J connectivity index is 1.73. The van der Waals surface area contributed by atoms with Gasteiger partial charge in [0, 0.05) is 37.5 Å². The Morgan fingerprint density at radius 1 is 1.45 bits per heavy atom. The van der Waals surface area contributed by atoms with Gasteiger partial charge in [0.05, 0.1) is 5.69 Å². The zero-order valence-electron chi connectivity index (χ0n) is 11.8. The van der Waals surface area contributed by atoms with Crippen LogP contribution in [0.2, 0.25) is 0 Å². The lowest BCUT2D eigenvalue weighted by Gasteiger charge is -2.12. The summed E-state index contributed by atoms with van der Waals surface area (Å²) in [5, 5.41) is 6.08. The molecule has 20 heavy (non-hydrogen) atoms. The van der Waals surface area contributed by atoms with Gasteiger partial charge in [0.15, 0.2) is 5.13 Å². The monoisotopic (exact) mass is 291 g/mol. The van der Waals surface area contributed by atoms with Crippen LogP contribution in [0.1, 0.15) is 25.5 Å². The highest BCUT2D eigenvalue weighted by atomic mass is 32.1. The van der Waals surface area contributed by atoms with Gasteiger partial charge in [0.1, 0.15) is 0 Å². The Kier molecular flexibility index (Phi) is 5.80. The normalized spacial score (nSPS) is 15.6. The third kappa shape index (κ3) is 4.49. The molecule has 2 rings (SSSR count). The van der Waals surface area contributed by atoms with Gasteiger partial charge in [-0.2, -0.15) is 0 Å². The van der Waals surface area contributed by atoms with E-state index in [0.717, 1.165) is 30.3 Å². The van der Waals surface area contributed by atoms with Crippen LogP contribution in [-0.2, 0) is 11.2 Å². The summed E-state index contributed by atoms with van der Waals surface area (Å²) in [6.45, 7) is 4.80. The molecule has 0 unspecified atom stereocenters. The molecule has 1 aromatic heterocycles. The highest BCUT2D eigenvalue weighted by molar-refractivity contribution is 7.13. The fraction of sp³-hybridized carbons (Fsp3) is 0.467. The maximum Gasteiger partial charge on any atom is 0.243 e. The highest BCUT2D eigenvalue weighted by Gasteiger charge is 2.15. The second-order valence-corrected chi connectivity index (χ2v) is 5.58. The van der Waals surface area contributed by atoms with Crippen molar-refractivity contribution in [2.24, 2.45) is 0 Å². The molecular weight excluding hydrogens is 270 g/mol. The first-order valence-corrected chi connectivity index (χ1v) is 7.94. The molecule has 0 aromatic carbocycles. The molecule has 0 bridgehead atoms. The summed E-state index contributed by atoms with van der Waals surface area (Å²) >= 11 is 1.70. The van der Waals surface area contributed by atoms with Crippen molar-refractivity contribution in [3.8, 4) is 0 Å². The fourth-order valence-corrected chi connectivity index (χ4v) is 3.01. The molecule has 1 aliphatic heterocycles. The van der Waals surface area contributed by atoms with Gasteiger partial charge < -0.3 is 10.2 Å². The molecular formula is C15H21N3OS. The number of allylic oxidation sites excluding steroid dienone is 3. The van der Waals surface area contributed by atoms with Crippen molar-refractivity contribution in [1.29, 1.82) is 0 Å². The van der Waals surface area contributed by atoms with E-state index in [0.29, 0.717) is 6.54 Å². The number of carbonyl (C=O) groups excluding carboxylic acids is 1. The Hall–Kier alpha value is -1.62. The summed E-state index contributed by atoms with van der Waals surface area (Å²) in [5.74, 6) is -0.0573. The van der Waals surface area contributed by atoms with E-state index in [2.05, 4.69) is 20.6 Å². The van der Waals surface area contributed by atoms with Gasteiger partial charge in [0.25, 0.3) is 0 Å². The van der Waals surface area contributed by atoms with Gasteiger partial charge in [-0.3, -0.25) is 4.79 Å². The van der Waals surface area contributed by atoms with Crippen LogP contribution in [0, 0.1) is 0 Å². The largest absolute Gasteiger partial charge is 0.352 e. The predicted molar refractivity (Wildman–Crippen MR) is 84.2 cm³/mol. The van der Waals surface area contributed by atoms with Crippen molar-refractivity contribution in [2.45, 2.75) is 26.2 Å². The molecule has 1 N–H and O–H groups in total. The van der Waals surface area contributed by atoms with Gasteiger partial charge in [0.2, 0.25) is 5.91 Å². The number of rotatable bonds is 6. The molecule has 2 heterocycles. The topological polar surface area (TPSA) is 45.2 Å². The number of aromatic nitrogens is 1. The predicted octanol–water partition coefficient (Wildman–Crippen LogP) is 2.53. The third-order valence-electron chi connectivity index (χ3n) is 3.15. The Morgan fingerprint density at radius 2 is 2.25 bits per heavy atom. The first kappa shape index (κ1) is 14.8.